The first-order valence-corrected chi connectivity index (χ1v) is 11.9. The van der Waals surface area contributed by atoms with E-state index in [4.69, 9.17) is 4.98 Å². The molecule has 0 radical (unpaired) electrons. The lowest BCUT2D eigenvalue weighted by atomic mass is 10.0. The number of amides is 1. The molecule has 1 saturated heterocycles. The highest BCUT2D eigenvalue weighted by Gasteiger charge is 2.17. The van der Waals surface area contributed by atoms with Crippen molar-refractivity contribution in [3.63, 3.8) is 0 Å². The molecule has 172 valence electrons. The molecule has 1 fully saturated rings. The normalized spacial score (nSPS) is 14.3. The van der Waals surface area contributed by atoms with E-state index in [1.54, 1.807) is 12.4 Å². The molecule has 1 amide bonds. The molecule has 1 aliphatic heterocycles. The molecule has 3 heterocycles. The van der Waals surface area contributed by atoms with Crippen molar-refractivity contribution >= 4 is 22.5 Å². The number of nitrogens with one attached hydrogen (secondary N) is 1. The fourth-order valence-corrected chi connectivity index (χ4v) is 4.49. The van der Waals surface area contributed by atoms with Gasteiger partial charge in [-0.1, -0.05) is 36.4 Å². The Bertz CT molecular complexity index is 1240. The zero-order valence-electron chi connectivity index (χ0n) is 19.2. The maximum Gasteiger partial charge on any atom is 0.252 e. The number of benzene rings is 2. The van der Waals surface area contributed by atoms with Crippen molar-refractivity contribution in [3.05, 3.63) is 90.8 Å². The van der Waals surface area contributed by atoms with Crippen molar-refractivity contribution in [2.24, 2.45) is 0 Å². The minimum Gasteiger partial charge on any atom is -0.369 e. The smallest absolute Gasteiger partial charge is 0.252 e. The van der Waals surface area contributed by atoms with E-state index in [2.05, 4.69) is 50.4 Å². The molecule has 0 aliphatic carbocycles. The Morgan fingerprint density at radius 2 is 1.71 bits per heavy atom. The summed E-state index contributed by atoms with van der Waals surface area (Å²) in [7, 11) is 0. The first-order valence-electron chi connectivity index (χ1n) is 11.9. The summed E-state index contributed by atoms with van der Waals surface area (Å²) in [5.74, 6) is -0.0577. The molecule has 0 unspecified atom stereocenters. The zero-order chi connectivity index (χ0) is 23.2. The van der Waals surface area contributed by atoms with Crippen LogP contribution in [0.15, 0.2) is 85.2 Å². The summed E-state index contributed by atoms with van der Waals surface area (Å²) in [6, 6.07) is 24.1. The van der Waals surface area contributed by atoms with E-state index in [1.165, 1.54) is 5.69 Å². The maximum absolute atomic E-state index is 13.1. The van der Waals surface area contributed by atoms with Crippen molar-refractivity contribution in [2.75, 3.05) is 44.2 Å². The fourth-order valence-electron chi connectivity index (χ4n) is 4.49. The molecule has 2 aromatic heterocycles. The Morgan fingerprint density at radius 1 is 0.912 bits per heavy atom. The average Bonchev–Trinajstić information content (AvgIpc) is 2.91. The lowest BCUT2D eigenvalue weighted by Crippen LogP contribution is -2.47. The second-order valence-electron chi connectivity index (χ2n) is 8.59. The van der Waals surface area contributed by atoms with Gasteiger partial charge in [-0.25, -0.2) is 4.98 Å². The van der Waals surface area contributed by atoms with Crippen LogP contribution in [0.4, 0.5) is 5.69 Å². The Kier molecular flexibility index (Phi) is 6.77. The van der Waals surface area contributed by atoms with Crippen LogP contribution in [-0.2, 0) is 0 Å². The average molecular weight is 452 g/mol. The molecule has 34 heavy (non-hydrogen) atoms. The molecule has 6 heteroatoms. The Labute approximate surface area is 200 Å². The molecule has 0 saturated carbocycles. The van der Waals surface area contributed by atoms with E-state index in [-0.39, 0.29) is 5.91 Å². The Hall–Kier alpha value is -3.77. The molecule has 0 spiro atoms. The third kappa shape index (κ3) is 5.07. The van der Waals surface area contributed by atoms with Gasteiger partial charge in [0.05, 0.1) is 16.8 Å². The van der Waals surface area contributed by atoms with Crippen molar-refractivity contribution in [2.45, 2.75) is 6.42 Å². The highest BCUT2D eigenvalue weighted by Crippen LogP contribution is 2.24. The molecular weight excluding hydrogens is 422 g/mol. The number of para-hydroxylation sites is 2. The summed E-state index contributed by atoms with van der Waals surface area (Å²) in [6.45, 7) is 5.81. The van der Waals surface area contributed by atoms with E-state index < -0.39 is 0 Å². The SMILES string of the molecule is O=C(NCCCN1CCN(c2ccccc2)CC1)c1cc(-c2cccnc2)nc2ccccc12. The van der Waals surface area contributed by atoms with Crippen LogP contribution in [0.5, 0.6) is 0 Å². The molecule has 6 nitrogen and oxygen atoms in total. The first kappa shape index (κ1) is 22.0. The van der Waals surface area contributed by atoms with E-state index in [0.29, 0.717) is 12.1 Å². The molecule has 2 aromatic carbocycles. The van der Waals surface area contributed by atoms with Crippen molar-refractivity contribution < 1.29 is 4.79 Å². The highest BCUT2D eigenvalue weighted by molar-refractivity contribution is 6.07. The predicted molar refractivity (Wildman–Crippen MR) is 137 cm³/mol. The van der Waals surface area contributed by atoms with Crippen LogP contribution in [0.2, 0.25) is 0 Å². The van der Waals surface area contributed by atoms with E-state index in [0.717, 1.165) is 61.3 Å². The monoisotopic (exact) mass is 451 g/mol. The van der Waals surface area contributed by atoms with Gasteiger partial charge < -0.3 is 10.2 Å². The number of hydrogen-bond donors (Lipinski definition) is 1. The van der Waals surface area contributed by atoms with Gasteiger partial charge in [-0.15, -0.1) is 0 Å². The number of rotatable bonds is 7. The van der Waals surface area contributed by atoms with Gasteiger partial charge in [0, 0.05) is 61.8 Å². The number of fused-ring (bicyclic) bond motifs is 1. The van der Waals surface area contributed by atoms with Gasteiger partial charge in [0.2, 0.25) is 0 Å². The van der Waals surface area contributed by atoms with Gasteiger partial charge in [-0.05, 0) is 49.4 Å². The summed E-state index contributed by atoms with van der Waals surface area (Å²) in [6.07, 6.45) is 4.44. The lowest BCUT2D eigenvalue weighted by Gasteiger charge is -2.36. The number of pyridine rings is 2. The number of carbonyl (C=O) groups is 1. The first-order chi connectivity index (χ1) is 16.8. The molecule has 1 aliphatic rings. The van der Waals surface area contributed by atoms with Crippen LogP contribution in [0.3, 0.4) is 0 Å². The minimum absolute atomic E-state index is 0.0577. The lowest BCUT2D eigenvalue weighted by molar-refractivity contribution is 0.0953. The van der Waals surface area contributed by atoms with Crippen LogP contribution >= 0.6 is 0 Å². The maximum atomic E-state index is 13.1. The largest absolute Gasteiger partial charge is 0.369 e. The van der Waals surface area contributed by atoms with Gasteiger partial charge in [0.25, 0.3) is 5.91 Å². The van der Waals surface area contributed by atoms with Crippen LogP contribution in [-0.4, -0.2) is 60.0 Å². The zero-order valence-corrected chi connectivity index (χ0v) is 19.2. The summed E-state index contributed by atoms with van der Waals surface area (Å²) in [5.41, 5.74) is 4.42. The second-order valence-corrected chi connectivity index (χ2v) is 8.59. The quantitative estimate of drug-likeness (QED) is 0.426. The summed E-state index contributed by atoms with van der Waals surface area (Å²) < 4.78 is 0. The van der Waals surface area contributed by atoms with Gasteiger partial charge in [-0.3, -0.25) is 14.7 Å². The fraction of sp³-hybridized carbons (Fsp3) is 0.250. The number of carbonyl (C=O) groups excluding carboxylic acids is 1. The third-order valence-corrected chi connectivity index (χ3v) is 6.35. The van der Waals surface area contributed by atoms with Crippen molar-refractivity contribution in [3.8, 4) is 11.3 Å². The number of anilines is 1. The van der Waals surface area contributed by atoms with Gasteiger partial charge >= 0.3 is 0 Å². The van der Waals surface area contributed by atoms with Gasteiger partial charge in [0.1, 0.15) is 0 Å². The minimum atomic E-state index is -0.0577. The van der Waals surface area contributed by atoms with Crippen LogP contribution in [0.1, 0.15) is 16.8 Å². The summed E-state index contributed by atoms with van der Waals surface area (Å²) >= 11 is 0. The number of nitrogens with zero attached hydrogens (tertiary/aromatic N) is 4. The van der Waals surface area contributed by atoms with Gasteiger partial charge in [0.15, 0.2) is 0 Å². The molecule has 0 atom stereocenters. The molecular formula is C28H29N5O. The number of hydrogen-bond acceptors (Lipinski definition) is 5. The van der Waals surface area contributed by atoms with Crippen LogP contribution < -0.4 is 10.2 Å². The molecule has 0 bridgehead atoms. The predicted octanol–water partition coefficient (Wildman–Crippen LogP) is 4.24. The Morgan fingerprint density at radius 3 is 2.50 bits per heavy atom. The molecule has 4 aromatic rings. The number of aromatic nitrogens is 2. The summed E-state index contributed by atoms with van der Waals surface area (Å²) in [5, 5.41) is 3.99. The molecule has 5 rings (SSSR count). The van der Waals surface area contributed by atoms with E-state index in [1.807, 2.05) is 42.5 Å². The summed E-state index contributed by atoms with van der Waals surface area (Å²) in [4.78, 5) is 27.0. The standard InChI is InChI=1S/C28H29N5O/c34-28(30-14-7-15-32-16-18-33(19-17-32)23-9-2-1-3-10-23)25-20-27(22-8-6-13-29-21-22)31-26-12-5-4-11-24(25)26/h1-6,8-13,20-21H,7,14-19H2,(H,30,34). The van der Waals surface area contributed by atoms with Crippen molar-refractivity contribution in [1.82, 2.24) is 20.2 Å². The number of piperazine rings is 1. The van der Waals surface area contributed by atoms with Crippen LogP contribution in [0, 0.1) is 0 Å². The molecule has 1 N–H and O–H groups in total. The topological polar surface area (TPSA) is 61.4 Å². The second kappa shape index (κ2) is 10.4. The van der Waals surface area contributed by atoms with Gasteiger partial charge in [-0.2, -0.15) is 0 Å². The van der Waals surface area contributed by atoms with E-state index in [9.17, 15) is 4.79 Å². The highest BCUT2D eigenvalue weighted by atomic mass is 16.1. The van der Waals surface area contributed by atoms with Crippen LogP contribution in [0.25, 0.3) is 22.2 Å². The van der Waals surface area contributed by atoms with E-state index >= 15 is 0 Å². The third-order valence-electron chi connectivity index (χ3n) is 6.35. The Balaban J connectivity index is 1.17. The van der Waals surface area contributed by atoms with Crippen molar-refractivity contribution in [1.29, 1.82) is 0 Å².